The van der Waals surface area contributed by atoms with Gasteiger partial charge in [-0.15, -0.1) is 0 Å². The van der Waals surface area contributed by atoms with E-state index in [0.717, 1.165) is 5.56 Å². The van der Waals surface area contributed by atoms with Crippen molar-refractivity contribution >= 4 is 0 Å². The number of hydrogen-bond acceptors (Lipinski definition) is 1. The monoisotopic (exact) mass is 251 g/mol. The summed E-state index contributed by atoms with van der Waals surface area (Å²) in [6, 6.07) is 7.85. The Labute approximate surface area is 103 Å². The lowest BCUT2D eigenvalue weighted by molar-refractivity contribution is -0.138. The summed E-state index contributed by atoms with van der Waals surface area (Å²) in [5.41, 5.74) is 1.06. The van der Waals surface area contributed by atoms with E-state index in [1.807, 2.05) is 0 Å². The van der Waals surface area contributed by atoms with Gasteiger partial charge in [0.25, 0.3) is 0 Å². The zero-order valence-electron chi connectivity index (χ0n) is 9.83. The highest BCUT2D eigenvalue weighted by molar-refractivity contribution is 5.64. The molecule has 0 fully saturated rings. The van der Waals surface area contributed by atoms with Gasteiger partial charge in [-0.3, -0.25) is 4.98 Å². The van der Waals surface area contributed by atoms with Crippen LogP contribution in [-0.2, 0) is 12.6 Å². The summed E-state index contributed by atoms with van der Waals surface area (Å²) < 4.78 is 38.8. The minimum absolute atomic E-state index is 0.320. The molecule has 1 aromatic carbocycles. The Morgan fingerprint density at radius 3 is 2.22 bits per heavy atom. The Bertz CT molecular complexity index is 532. The van der Waals surface area contributed by atoms with Crippen LogP contribution in [0, 0.1) is 0 Å². The second kappa shape index (κ2) is 4.80. The second-order valence-corrected chi connectivity index (χ2v) is 3.96. The van der Waals surface area contributed by atoms with E-state index in [1.165, 1.54) is 6.07 Å². The van der Waals surface area contributed by atoms with Crippen molar-refractivity contribution in [3.05, 3.63) is 53.9 Å². The first-order chi connectivity index (χ1) is 8.52. The summed E-state index contributed by atoms with van der Waals surface area (Å²) in [4.78, 5) is 3.85. The topological polar surface area (TPSA) is 12.9 Å². The molecule has 0 aliphatic heterocycles. The molecule has 0 N–H and O–H groups in total. The Morgan fingerprint density at radius 2 is 1.67 bits per heavy atom. The van der Waals surface area contributed by atoms with Gasteiger partial charge in [0, 0.05) is 12.4 Å². The van der Waals surface area contributed by atoms with Crippen LogP contribution in [0.25, 0.3) is 11.1 Å². The molecule has 0 saturated heterocycles. The van der Waals surface area contributed by atoms with Crippen LogP contribution in [-0.4, -0.2) is 4.98 Å². The number of benzene rings is 1. The number of aryl methyl sites for hydroxylation is 1. The zero-order valence-corrected chi connectivity index (χ0v) is 9.83. The van der Waals surface area contributed by atoms with Crippen molar-refractivity contribution in [3.8, 4) is 11.1 Å². The van der Waals surface area contributed by atoms with E-state index in [4.69, 9.17) is 0 Å². The highest BCUT2D eigenvalue weighted by atomic mass is 19.4. The largest absolute Gasteiger partial charge is 0.416 e. The number of nitrogens with zero attached hydrogens (tertiary/aromatic N) is 1. The molecule has 2 rings (SSSR count). The van der Waals surface area contributed by atoms with Crippen molar-refractivity contribution in [1.29, 1.82) is 0 Å². The van der Waals surface area contributed by atoms with Crippen LogP contribution in [0.3, 0.4) is 0 Å². The fourth-order valence-corrected chi connectivity index (χ4v) is 1.87. The van der Waals surface area contributed by atoms with E-state index in [9.17, 15) is 13.2 Å². The van der Waals surface area contributed by atoms with Gasteiger partial charge in [-0.2, -0.15) is 13.2 Å². The first-order valence-corrected chi connectivity index (χ1v) is 5.63. The van der Waals surface area contributed by atoms with Gasteiger partial charge in [0.15, 0.2) is 0 Å². The third-order valence-electron chi connectivity index (χ3n) is 2.81. The van der Waals surface area contributed by atoms with Crippen LogP contribution in [0.2, 0.25) is 0 Å². The summed E-state index contributed by atoms with van der Waals surface area (Å²) in [6.07, 6.45) is -0.813. The molecule has 1 heterocycles. The Morgan fingerprint density at radius 1 is 1.00 bits per heavy atom. The Hall–Kier alpha value is -1.84. The van der Waals surface area contributed by atoms with Gasteiger partial charge in [-0.1, -0.05) is 19.1 Å². The maximum atomic E-state index is 12.9. The average molecular weight is 251 g/mol. The smallest absolute Gasteiger partial charge is 0.265 e. The molecule has 0 aliphatic rings. The molecule has 1 aromatic heterocycles. The minimum atomic E-state index is -4.31. The van der Waals surface area contributed by atoms with Crippen molar-refractivity contribution in [1.82, 2.24) is 4.98 Å². The summed E-state index contributed by atoms with van der Waals surface area (Å²) in [5.74, 6) is 0. The van der Waals surface area contributed by atoms with Crippen LogP contribution in [0.1, 0.15) is 18.1 Å². The molecule has 0 unspecified atom stereocenters. The molecule has 2 aromatic rings. The van der Waals surface area contributed by atoms with Crippen molar-refractivity contribution in [2.45, 2.75) is 19.5 Å². The van der Waals surface area contributed by atoms with Gasteiger partial charge in [0.2, 0.25) is 0 Å². The first kappa shape index (κ1) is 12.6. The molecule has 4 heteroatoms. The summed E-state index contributed by atoms with van der Waals surface area (Å²) >= 11 is 0. The highest BCUT2D eigenvalue weighted by Gasteiger charge is 2.33. The minimum Gasteiger partial charge on any atom is -0.265 e. The van der Waals surface area contributed by atoms with Crippen LogP contribution in [0.4, 0.5) is 13.2 Å². The van der Waals surface area contributed by atoms with Crippen LogP contribution in [0.5, 0.6) is 0 Å². The molecular weight excluding hydrogens is 239 g/mol. The number of rotatable bonds is 2. The average Bonchev–Trinajstić information content (AvgIpc) is 2.38. The molecular formula is C14H12F3N. The van der Waals surface area contributed by atoms with E-state index in [0.29, 0.717) is 17.5 Å². The van der Waals surface area contributed by atoms with Crippen LogP contribution >= 0.6 is 0 Å². The molecule has 0 saturated carbocycles. The van der Waals surface area contributed by atoms with E-state index in [2.05, 4.69) is 4.98 Å². The molecule has 0 atom stereocenters. The van der Waals surface area contributed by atoms with Crippen molar-refractivity contribution in [2.75, 3.05) is 0 Å². The lowest BCUT2D eigenvalue weighted by atomic mass is 9.98. The summed E-state index contributed by atoms with van der Waals surface area (Å²) in [7, 11) is 0. The zero-order chi connectivity index (χ0) is 13.2. The maximum Gasteiger partial charge on any atom is 0.416 e. The van der Waals surface area contributed by atoms with Gasteiger partial charge < -0.3 is 0 Å². The van der Waals surface area contributed by atoms with Gasteiger partial charge in [-0.25, -0.2) is 0 Å². The van der Waals surface area contributed by atoms with Gasteiger partial charge in [0.1, 0.15) is 0 Å². The fraction of sp³-hybridized carbons (Fsp3) is 0.214. The molecule has 0 bridgehead atoms. The number of halogens is 3. The number of aromatic nitrogens is 1. The molecule has 0 aliphatic carbocycles. The standard InChI is InChI=1S/C14H12F3N/c1-2-10-3-4-12(9-13(10)14(15,16)17)11-5-7-18-8-6-11/h3-9H,2H2,1H3. The van der Waals surface area contributed by atoms with E-state index >= 15 is 0 Å². The summed E-state index contributed by atoms with van der Waals surface area (Å²) in [5, 5.41) is 0. The lowest BCUT2D eigenvalue weighted by Crippen LogP contribution is -2.09. The Balaban J connectivity index is 2.53. The first-order valence-electron chi connectivity index (χ1n) is 5.63. The van der Waals surface area contributed by atoms with Crippen LogP contribution in [0.15, 0.2) is 42.7 Å². The molecule has 0 spiro atoms. The lowest BCUT2D eigenvalue weighted by Gasteiger charge is -2.13. The predicted octanol–water partition coefficient (Wildman–Crippen LogP) is 4.33. The van der Waals surface area contributed by atoms with E-state index < -0.39 is 11.7 Å². The van der Waals surface area contributed by atoms with Gasteiger partial charge in [-0.05, 0) is 41.3 Å². The molecule has 18 heavy (non-hydrogen) atoms. The fourth-order valence-electron chi connectivity index (χ4n) is 1.87. The second-order valence-electron chi connectivity index (χ2n) is 3.96. The van der Waals surface area contributed by atoms with Gasteiger partial charge in [0.05, 0.1) is 5.56 Å². The maximum absolute atomic E-state index is 12.9. The molecule has 94 valence electrons. The predicted molar refractivity (Wildman–Crippen MR) is 64.1 cm³/mol. The number of pyridine rings is 1. The molecule has 0 amide bonds. The van der Waals surface area contributed by atoms with Crippen molar-refractivity contribution in [2.24, 2.45) is 0 Å². The third kappa shape index (κ3) is 2.53. The third-order valence-corrected chi connectivity index (χ3v) is 2.81. The van der Waals surface area contributed by atoms with Crippen molar-refractivity contribution in [3.63, 3.8) is 0 Å². The van der Waals surface area contributed by atoms with Gasteiger partial charge >= 0.3 is 6.18 Å². The quantitative estimate of drug-likeness (QED) is 0.774. The normalized spacial score (nSPS) is 11.6. The SMILES string of the molecule is CCc1ccc(-c2ccncc2)cc1C(F)(F)F. The summed E-state index contributed by atoms with van der Waals surface area (Å²) in [6.45, 7) is 1.72. The highest BCUT2D eigenvalue weighted by Crippen LogP contribution is 2.35. The molecule has 1 nitrogen and oxygen atoms in total. The molecule has 0 radical (unpaired) electrons. The van der Waals surface area contributed by atoms with E-state index in [1.54, 1.807) is 43.6 Å². The van der Waals surface area contributed by atoms with Crippen LogP contribution < -0.4 is 0 Å². The van der Waals surface area contributed by atoms with E-state index in [-0.39, 0.29) is 0 Å². The number of hydrogen-bond donors (Lipinski definition) is 0. The number of alkyl halides is 3. The Kier molecular flexibility index (Phi) is 3.36. The van der Waals surface area contributed by atoms with Crippen molar-refractivity contribution < 1.29 is 13.2 Å².